The predicted octanol–water partition coefficient (Wildman–Crippen LogP) is 12.4. The lowest BCUT2D eigenvalue weighted by molar-refractivity contribution is 0.854. The van der Waals surface area contributed by atoms with Crippen LogP contribution >= 0.6 is 0 Å². The number of rotatable bonds is 3. The zero-order valence-corrected chi connectivity index (χ0v) is 24.4. The summed E-state index contributed by atoms with van der Waals surface area (Å²) in [7, 11) is 0. The third-order valence-corrected chi connectivity index (χ3v) is 9.56. The fourth-order valence-electron chi connectivity index (χ4n) is 7.54. The minimum absolute atomic E-state index is 0.447. The van der Waals surface area contributed by atoms with Gasteiger partial charge in [-0.2, -0.15) is 0 Å². The van der Waals surface area contributed by atoms with E-state index in [0.717, 1.165) is 6.42 Å². The van der Waals surface area contributed by atoms with Gasteiger partial charge in [0.1, 0.15) is 0 Å². The number of fused-ring (bicyclic) bond motifs is 7. The van der Waals surface area contributed by atoms with Crippen LogP contribution in [0.1, 0.15) is 17.9 Å². The summed E-state index contributed by atoms with van der Waals surface area (Å²) in [6.45, 7) is 0. The number of hydrogen-bond donors (Lipinski definition) is 0. The molecule has 206 valence electrons. The topological polar surface area (TPSA) is 0 Å². The van der Waals surface area contributed by atoms with Crippen LogP contribution in [0.15, 0.2) is 164 Å². The molecule has 0 N–H and O–H groups in total. The van der Waals surface area contributed by atoms with Gasteiger partial charge in [0.05, 0.1) is 0 Å². The Morgan fingerprint density at radius 3 is 1.66 bits per heavy atom. The number of allylic oxidation sites excluding steroid dienone is 4. The van der Waals surface area contributed by atoms with Crippen LogP contribution in [0.4, 0.5) is 0 Å². The largest absolute Gasteiger partial charge is 0.0836 e. The minimum atomic E-state index is 0.447. The molecule has 0 spiro atoms. The van der Waals surface area contributed by atoms with E-state index in [2.05, 4.69) is 164 Å². The van der Waals surface area contributed by atoms with Crippen LogP contribution < -0.4 is 0 Å². The second-order valence-corrected chi connectivity index (χ2v) is 12.0. The van der Waals surface area contributed by atoms with Gasteiger partial charge >= 0.3 is 0 Å². The SMILES string of the molecule is C1=CCC(c2ccc(-c3c4ccccc4c(-c4cc5ccc6ccccc6c5c5ccccc45)c4ccccc34)cc2)C=C1. The average Bonchev–Trinajstić information content (AvgIpc) is 3.10. The van der Waals surface area contributed by atoms with Gasteiger partial charge in [-0.3, -0.25) is 0 Å². The van der Waals surface area contributed by atoms with Crippen LogP contribution in [0.2, 0.25) is 0 Å². The maximum absolute atomic E-state index is 2.43. The first-order valence-electron chi connectivity index (χ1n) is 15.6. The number of benzene rings is 8. The van der Waals surface area contributed by atoms with Gasteiger partial charge in [-0.15, -0.1) is 0 Å². The maximum atomic E-state index is 2.43. The second kappa shape index (κ2) is 10.1. The molecular formula is C44H30. The summed E-state index contributed by atoms with van der Waals surface area (Å²) < 4.78 is 0. The molecule has 0 fully saturated rings. The highest BCUT2D eigenvalue weighted by Gasteiger charge is 2.19. The zero-order valence-electron chi connectivity index (χ0n) is 24.4. The van der Waals surface area contributed by atoms with Crippen molar-refractivity contribution in [2.45, 2.75) is 12.3 Å². The standard InChI is InChI=1S/C44H30/c1-2-12-29(13-3-1)30-22-25-32(26-23-30)42-37-18-8-10-20-39(37)44(40-21-11-9-19-38(40)42)41-28-33-27-24-31-14-4-5-15-34(31)43(33)36-17-7-6-16-35(36)41/h1-12,14-29H,13H2. The van der Waals surface area contributed by atoms with Gasteiger partial charge < -0.3 is 0 Å². The Morgan fingerprint density at radius 2 is 1.00 bits per heavy atom. The smallest absolute Gasteiger partial charge is 0.00557 e. The van der Waals surface area contributed by atoms with Crippen molar-refractivity contribution in [1.29, 1.82) is 0 Å². The predicted molar refractivity (Wildman–Crippen MR) is 190 cm³/mol. The van der Waals surface area contributed by atoms with Crippen molar-refractivity contribution in [3.63, 3.8) is 0 Å². The van der Waals surface area contributed by atoms with Crippen LogP contribution in [0.25, 0.3) is 76.1 Å². The Labute approximate surface area is 257 Å². The molecule has 0 radical (unpaired) electrons. The molecule has 0 heterocycles. The van der Waals surface area contributed by atoms with E-state index in [9.17, 15) is 0 Å². The molecule has 0 heteroatoms. The highest BCUT2D eigenvalue weighted by Crippen LogP contribution is 2.47. The molecule has 0 saturated carbocycles. The van der Waals surface area contributed by atoms with Crippen LogP contribution in [-0.4, -0.2) is 0 Å². The molecule has 1 atom stereocenters. The molecule has 0 bridgehead atoms. The van der Waals surface area contributed by atoms with Gasteiger partial charge in [-0.1, -0.05) is 158 Å². The van der Waals surface area contributed by atoms with Gasteiger partial charge in [0.25, 0.3) is 0 Å². The first-order chi connectivity index (χ1) is 21.8. The van der Waals surface area contributed by atoms with E-state index < -0.39 is 0 Å². The van der Waals surface area contributed by atoms with Gasteiger partial charge in [-0.05, 0) is 94.2 Å². The fourth-order valence-corrected chi connectivity index (χ4v) is 7.54. The average molecular weight is 559 g/mol. The Morgan fingerprint density at radius 1 is 0.432 bits per heavy atom. The molecule has 9 rings (SSSR count). The molecule has 1 aliphatic carbocycles. The highest BCUT2D eigenvalue weighted by molar-refractivity contribution is 6.28. The van der Waals surface area contributed by atoms with E-state index in [4.69, 9.17) is 0 Å². The molecule has 0 aromatic heterocycles. The maximum Gasteiger partial charge on any atom is 0.00557 e. The zero-order chi connectivity index (χ0) is 29.0. The van der Waals surface area contributed by atoms with E-state index in [-0.39, 0.29) is 0 Å². The summed E-state index contributed by atoms with van der Waals surface area (Å²) in [6.07, 6.45) is 9.95. The number of hydrogen-bond acceptors (Lipinski definition) is 0. The monoisotopic (exact) mass is 558 g/mol. The molecule has 0 aliphatic heterocycles. The summed E-state index contributed by atoms with van der Waals surface area (Å²) in [5.74, 6) is 0.447. The Bertz CT molecular complexity index is 2400. The Balaban J connectivity index is 1.35. The van der Waals surface area contributed by atoms with Crippen molar-refractivity contribution in [2.24, 2.45) is 0 Å². The van der Waals surface area contributed by atoms with E-state index in [1.165, 1.54) is 81.7 Å². The lowest BCUT2D eigenvalue weighted by Gasteiger charge is -2.20. The van der Waals surface area contributed by atoms with Crippen LogP contribution in [0.3, 0.4) is 0 Å². The summed E-state index contributed by atoms with van der Waals surface area (Å²) >= 11 is 0. The summed E-state index contributed by atoms with van der Waals surface area (Å²) in [5.41, 5.74) is 6.53. The van der Waals surface area contributed by atoms with Crippen molar-refractivity contribution >= 4 is 53.9 Å². The molecule has 44 heavy (non-hydrogen) atoms. The lowest BCUT2D eigenvalue weighted by Crippen LogP contribution is -1.96. The summed E-state index contributed by atoms with van der Waals surface area (Å²) in [4.78, 5) is 0. The quantitative estimate of drug-likeness (QED) is 0.149. The Kier molecular flexibility index (Phi) is 5.74. The molecular weight excluding hydrogens is 528 g/mol. The first kappa shape index (κ1) is 25.1. The second-order valence-electron chi connectivity index (χ2n) is 12.0. The van der Waals surface area contributed by atoms with Crippen LogP contribution in [0, 0.1) is 0 Å². The van der Waals surface area contributed by atoms with Crippen molar-refractivity contribution in [3.05, 3.63) is 169 Å². The molecule has 0 saturated heterocycles. The van der Waals surface area contributed by atoms with E-state index in [1.54, 1.807) is 0 Å². The summed E-state index contributed by atoms with van der Waals surface area (Å²) in [6, 6.07) is 52.0. The van der Waals surface area contributed by atoms with Crippen LogP contribution in [-0.2, 0) is 0 Å². The van der Waals surface area contributed by atoms with Crippen molar-refractivity contribution in [2.75, 3.05) is 0 Å². The van der Waals surface area contributed by atoms with Crippen molar-refractivity contribution in [1.82, 2.24) is 0 Å². The molecule has 1 unspecified atom stereocenters. The minimum Gasteiger partial charge on any atom is -0.0836 e. The molecule has 8 aromatic carbocycles. The van der Waals surface area contributed by atoms with E-state index >= 15 is 0 Å². The highest BCUT2D eigenvalue weighted by atomic mass is 14.2. The third kappa shape index (κ3) is 3.85. The van der Waals surface area contributed by atoms with Crippen LogP contribution in [0.5, 0.6) is 0 Å². The van der Waals surface area contributed by atoms with Gasteiger partial charge in [0.2, 0.25) is 0 Å². The first-order valence-corrected chi connectivity index (χ1v) is 15.6. The van der Waals surface area contributed by atoms with Gasteiger partial charge in [0, 0.05) is 5.92 Å². The lowest BCUT2D eigenvalue weighted by atomic mass is 9.83. The molecule has 1 aliphatic rings. The normalized spacial score (nSPS) is 14.8. The van der Waals surface area contributed by atoms with E-state index in [1.807, 2.05) is 0 Å². The fraction of sp³-hybridized carbons (Fsp3) is 0.0455. The van der Waals surface area contributed by atoms with Gasteiger partial charge in [0.15, 0.2) is 0 Å². The molecule has 0 nitrogen and oxygen atoms in total. The summed E-state index contributed by atoms with van der Waals surface area (Å²) in [5, 5.41) is 12.9. The van der Waals surface area contributed by atoms with Crippen molar-refractivity contribution < 1.29 is 0 Å². The van der Waals surface area contributed by atoms with Crippen molar-refractivity contribution in [3.8, 4) is 22.3 Å². The Hall–Kier alpha value is -5.46. The molecule has 0 amide bonds. The molecule has 8 aromatic rings. The third-order valence-electron chi connectivity index (χ3n) is 9.56. The van der Waals surface area contributed by atoms with Gasteiger partial charge in [-0.25, -0.2) is 0 Å². The van der Waals surface area contributed by atoms with E-state index in [0.29, 0.717) is 5.92 Å².